The number of halogens is 3. The number of piperazine rings is 1. The Morgan fingerprint density at radius 3 is 2.21 bits per heavy atom. The summed E-state index contributed by atoms with van der Waals surface area (Å²) in [7, 11) is 0. The van der Waals surface area contributed by atoms with Crippen LogP contribution < -0.4 is 5.32 Å². The average molecular weight is 283 g/mol. The van der Waals surface area contributed by atoms with Gasteiger partial charge in [-0.25, -0.2) is 4.79 Å². The van der Waals surface area contributed by atoms with Crippen molar-refractivity contribution >= 4 is 12.0 Å². The Morgan fingerprint density at radius 1 is 1.16 bits per heavy atom. The molecule has 9 heteroatoms. The zero-order valence-corrected chi connectivity index (χ0v) is 10.2. The Hall–Kier alpha value is -1.51. The first-order valence-electron chi connectivity index (χ1n) is 5.81. The summed E-state index contributed by atoms with van der Waals surface area (Å²) in [6.45, 7) is 0.560. The summed E-state index contributed by atoms with van der Waals surface area (Å²) in [5.74, 6) is -0.898. The van der Waals surface area contributed by atoms with E-state index >= 15 is 0 Å². The lowest BCUT2D eigenvalue weighted by atomic mass is 10.3. The maximum absolute atomic E-state index is 11.9. The lowest BCUT2D eigenvalue weighted by Gasteiger charge is -2.34. The van der Waals surface area contributed by atoms with Gasteiger partial charge >= 0.3 is 18.2 Å². The minimum Gasteiger partial charge on any atom is -0.481 e. The number of alkyl halides is 3. The molecule has 0 saturated carbocycles. The molecule has 0 radical (unpaired) electrons. The fourth-order valence-electron chi connectivity index (χ4n) is 1.72. The maximum Gasteiger partial charge on any atom is 0.405 e. The monoisotopic (exact) mass is 283 g/mol. The van der Waals surface area contributed by atoms with E-state index in [0.29, 0.717) is 32.7 Å². The Morgan fingerprint density at radius 2 is 1.74 bits per heavy atom. The second-order valence-corrected chi connectivity index (χ2v) is 4.25. The first-order valence-corrected chi connectivity index (χ1v) is 5.81. The molecule has 1 fully saturated rings. The minimum atomic E-state index is -4.42. The van der Waals surface area contributed by atoms with Gasteiger partial charge in [0.2, 0.25) is 0 Å². The molecular weight excluding hydrogens is 267 g/mol. The molecule has 1 saturated heterocycles. The van der Waals surface area contributed by atoms with Crippen molar-refractivity contribution in [3.8, 4) is 0 Å². The van der Waals surface area contributed by atoms with Crippen molar-refractivity contribution < 1.29 is 27.9 Å². The van der Waals surface area contributed by atoms with E-state index in [2.05, 4.69) is 0 Å². The number of carboxylic acid groups (broad SMARTS) is 1. The van der Waals surface area contributed by atoms with E-state index in [9.17, 15) is 22.8 Å². The van der Waals surface area contributed by atoms with E-state index in [4.69, 9.17) is 5.11 Å². The SMILES string of the molecule is O=C(O)CCN1CCN(C(=O)NCC(F)(F)F)CC1. The van der Waals surface area contributed by atoms with Crippen LogP contribution in [0.1, 0.15) is 6.42 Å². The number of urea groups is 1. The number of hydrogen-bond donors (Lipinski definition) is 2. The third-order valence-corrected chi connectivity index (χ3v) is 2.74. The van der Waals surface area contributed by atoms with Crippen LogP contribution in [0.15, 0.2) is 0 Å². The number of nitrogens with one attached hydrogen (secondary N) is 1. The number of carbonyl (C=O) groups excluding carboxylic acids is 1. The second kappa shape index (κ2) is 6.60. The number of carbonyl (C=O) groups is 2. The van der Waals surface area contributed by atoms with Gasteiger partial charge in [-0.15, -0.1) is 0 Å². The highest BCUT2D eigenvalue weighted by molar-refractivity contribution is 5.74. The molecule has 0 atom stereocenters. The Kier molecular flexibility index (Phi) is 5.40. The summed E-state index contributed by atoms with van der Waals surface area (Å²) in [6, 6.07) is -0.741. The van der Waals surface area contributed by atoms with Crippen LogP contribution in [0.25, 0.3) is 0 Å². The summed E-state index contributed by atoms with van der Waals surface area (Å²) in [5, 5.41) is 10.3. The van der Waals surface area contributed by atoms with Gasteiger partial charge in [0.25, 0.3) is 0 Å². The standard InChI is InChI=1S/C10H16F3N3O3/c11-10(12,13)7-14-9(19)16-5-3-15(4-6-16)2-1-8(17)18/h1-7H2,(H,14,19)(H,17,18). The van der Waals surface area contributed by atoms with E-state index in [1.807, 2.05) is 4.90 Å². The molecule has 2 amide bonds. The summed E-state index contributed by atoms with van der Waals surface area (Å²) in [4.78, 5) is 25.0. The molecular formula is C10H16F3N3O3. The number of carboxylic acids is 1. The van der Waals surface area contributed by atoms with Crippen molar-refractivity contribution in [2.45, 2.75) is 12.6 Å². The average Bonchev–Trinajstić information content (AvgIpc) is 2.33. The van der Waals surface area contributed by atoms with Crippen molar-refractivity contribution in [2.75, 3.05) is 39.3 Å². The highest BCUT2D eigenvalue weighted by Crippen LogP contribution is 2.12. The zero-order valence-electron chi connectivity index (χ0n) is 10.2. The van der Waals surface area contributed by atoms with Crippen LogP contribution in [0, 0.1) is 0 Å². The van der Waals surface area contributed by atoms with Gasteiger partial charge in [0, 0.05) is 32.7 Å². The van der Waals surface area contributed by atoms with Crippen LogP contribution in [0.2, 0.25) is 0 Å². The van der Waals surface area contributed by atoms with Gasteiger partial charge in [0.05, 0.1) is 6.42 Å². The molecule has 0 aromatic heterocycles. The fourth-order valence-corrected chi connectivity index (χ4v) is 1.72. The molecule has 0 unspecified atom stereocenters. The molecule has 1 rings (SSSR count). The van der Waals surface area contributed by atoms with Crippen molar-refractivity contribution in [3.05, 3.63) is 0 Å². The maximum atomic E-state index is 11.9. The Bertz CT molecular complexity index is 328. The van der Waals surface area contributed by atoms with Crippen LogP contribution in [-0.4, -0.2) is 72.4 Å². The van der Waals surface area contributed by atoms with Gasteiger partial charge in [0.15, 0.2) is 0 Å². The van der Waals surface area contributed by atoms with Crippen LogP contribution in [0.4, 0.5) is 18.0 Å². The van der Waals surface area contributed by atoms with E-state index in [1.54, 1.807) is 5.32 Å². The molecule has 0 aromatic carbocycles. The normalized spacial score (nSPS) is 17.3. The number of hydrogen-bond acceptors (Lipinski definition) is 3. The summed E-state index contributed by atoms with van der Waals surface area (Å²) in [5.41, 5.74) is 0. The number of aliphatic carboxylic acids is 1. The topological polar surface area (TPSA) is 72.9 Å². The summed E-state index contributed by atoms with van der Waals surface area (Å²) in [6.07, 6.45) is -4.40. The van der Waals surface area contributed by atoms with Gasteiger partial charge in [-0.2, -0.15) is 13.2 Å². The first kappa shape index (κ1) is 15.5. The van der Waals surface area contributed by atoms with E-state index in [0.717, 1.165) is 0 Å². The third-order valence-electron chi connectivity index (χ3n) is 2.74. The van der Waals surface area contributed by atoms with Gasteiger partial charge < -0.3 is 15.3 Å². The molecule has 0 bridgehead atoms. The molecule has 19 heavy (non-hydrogen) atoms. The lowest BCUT2D eigenvalue weighted by Crippen LogP contribution is -2.53. The van der Waals surface area contributed by atoms with Gasteiger partial charge in [-0.05, 0) is 0 Å². The molecule has 6 nitrogen and oxygen atoms in total. The van der Waals surface area contributed by atoms with Crippen molar-refractivity contribution in [1.82, 2.24) is 15.1 Å². The van der Waals surface area contributed by atoms with Crippen molar-refractivity contribution in [1.29, 1.82) is 0 Å². The molecule has 0 spiro atoms. The summed E-state index contributed by atoms with van der Waals surface area (Å²) < 4.78 is 35.8. The quantitative estimate of drug-likeness (QED) is 0.781. The molecule has 1 aliphatic heterocycles. The predicted molar refractivity (Wildman–Crippen MR) is 59.7 cm³/mol. The van der Waals surface area contributed by atoms with Crippen LogP contribution in [0.5, 0.6) is 0 Å². The highest BCUT2D eigenvalue weighted by atomic mass is 19.4. The van der Waals surface area contributed by atoms with Crippen LogP contribution in [0.3, 0.4) is 0 Å². The van der Waals surface area contributed by atoms with E-state index < -0.39 is 24.7 Å². The zero-order chi connectivity index (χ0) is 14.5. The van der Waals surface area contributed by atoms with Crippen LogP contribution in [-0.2, 0) is 4.79 Å². The first-order chi connectivity index (χ1) is 8.78. The molecule has 1 aliphatic rings. The minimum absolute atomic E-state index is 0.0142. The van der Waals surface area contributed by atoms with Crippen molar-refractivity contribution in [2.24, 2.45) is 0 Å². The van der Waals surface area contributed by atoms with Gasteiger partial charge in [-0.1, -0.05) is 0 Å². The third kappa shape index (κ3) is 6.27. The molecule has 2 N–H and O–H groups in total. The second-order valence-electron chi connectivity index (χ2n) is 4.25. The fraction of sp³-hybridized carbons (Fsp3) is 0.800. The molecule has 110 valence electrons. The van der Waals surface area contributed by atoms with E-state index in [1.165, 1.54) is 4.90 Å². The molecule has 0 aliphatic carbocycles. The number of nitrogens with zero attached hydrogens (tertiary/aromatic N) is 2. The van der Waals surface area contributed by atoms with E-state index in [-0.39, 0.29) is 6.42 Å². The lowest BCUT2D eigenvalue weighted by molar-refractivity contribution is -0.137. The Balaban J connectivity index is 2.25. The van der Waals surface area contributed by atoms with Gasteiger partial charge in [-0.3, -0.25) is 9.69 Å². The van der Waals surface area contributed by atoms with Crippen molar-refractivity contribution in [3.63, 3.8) is 0 Å². The number of amides is 2. The largest absolute Gasteiger partial charge is 0.481 e. The highest BCUT2D eigenvalue weighted by Gasteiger charge is 2.29. The summed E-state index contributed by atoms with van der Waals surface area (Å²) >= 11 is 0. The predicted octanol–water partition coefficient (Wildman–Crippen LogP) is 0.351. The molecule has 0 aromatic rings. The smallest absolute Gasteiger partial charge is 0.405 e. The number of rotatable bonds is 4. The van der Waals surface area contributed by atoms with Crippen LogP contribution >= 0.6 is 0 Å². The van der Waals surface area contributed by atoms with Gasteiger partial charge in [0.1, 0.15) is 6.54 Å². The Labute approximate surface area is 108 Å². The molecule has 1 heterocycles.